The Morgan fingerprint density at radius 3 is 2.45 bits per heavy atom. The molecule has 0 atom stereocenters. The zero-order valence-corrected chi connectivity index (χ0v) is 20.3. The van der Waals surface area contributed by atoms with Crippen molar-refractivity contribution in [1.29, 1.82) is 0 Å². The van der Waals surface area contributed by atoms with Gasteiger partial charge in [0.2, 0.25) is 5.91 Å². The molecule has 1 aromatic rings. The molecule has 2 rings (SSSR count). The quantitative estimate of drug-likeness (QED) is 0.325. The molecule has 1 fully saturated rings. The van der Waals surface area contributed by atoms with Gasteiger partial charge in [-0.25, -0.2) is 4.99 Å². The van der Waals surface area contributed by atoms with Gasteiger partial charge in [-0.15, -0.1) is 24.0 Å². The van der Waals surface area contributed by atoms with Crippen molar-refractivity contribution in [3.63, 3.8) is 0 Å². The second kappa shape index (κ2) is 13.6. The summed E-state index contributed by atoms with van der Waals surface area (Å²) in [5, 5.41) is 3.42. The molecule has 1 saturated heterocycles. The van der Waals surface area contributed by atoms with Crippen molar-refractivity contribution in [3.8, 4) is 5.75 Å². The molecule has 1 heterocycles. The van der Waals surface area contributed by atoms with Gasteiger partial charge in [-0.05, 0) is 42.9 Å². The van der Waals surface area contributed by atoms with Gasteiger partial charge in [0.25, 0.3) is 0 Å². The predicted octanol–water partition coefficient (Wildman–Crippen LogP) is 2.25. The van der Waals surface area contributed by atoms with Crippen LogP contribution in [0, 0.1) is 5.92 Å². The van der Waals surface area contributed by atoms with Gasteiger partial charge < -0.3 is 24.6 Å². The molecule has 1 aliphatic heterocycles. The van der Waals surface area contributed by atoms with E-state index in [-0.39, 0.29) is 36.4 Å². The highest BCUT2D eigenvalue weighted by Gasteiger charge is 2.18. The molecule has 1 aromatic carbocycles. The van der Waals surface area contributed by atoms with Crippen LogP contribution in [0.5, 0.6) is 5.75 Å². The lowest BCUT2D eigenvalue weighted by atomic mass is 10.00. The molecule has 0 bridgehead atoms. The summed E-state index contributed by atoms with van der Waals surface area (Å²) in [7, 11) is 7.21. The zero-order valence-electron chi connectivity index (χ0n) is 18.0. The highest BCUT2D eigenvalue weighted by molar-refractivity contribution is 14.0. The molecule has 0 saturated carbocycles. The van der Waals surface area contributed by atoms with E-state index >= 15 is 0 Å². The van der Waals surface area contributed by atoms with Crippen molar-refractivity contribution in [2.24, 2.45) is 10.9 Å². The Hall–Kier alpha value is -1.55. The topological polar surface area (TPSA) is 66.4 Å². The summed E-state index contributed by atoms with van der Waals surface area (Å²) < 4.78 is 10.7. The maximum absolute atomic E-state index is 12.0. The van der Waals surface area contributed by atoms with Crippen molar-refractivity contribution < 1.29 is 14.3 Å². The molecule has 0 aliphatic carbocycles. The number of carbonyl (C=O) groups excluding carboxylic acids is 1. The fourth-order valence-electron chi connectivity index (χ4n) is 3.11. The number of carbonyl (C=O) groups is 1. The Morgan fingerprint density at radius 1 is 1.21 bits per heavy atom. The summed E-state index contributed by atoms with van der Waals surface area (Å²) in [4.78, 5) is 20.2. The summed E-state index contributed by atoms with van der Waals surface area (Å²) in [6.07, 6.45) is 3.01. The van der Waals surface area contributed by atoms with E-state index in [2.05, 4.69) is 27.3 Å². The van der Waals surface area contributed by atoms with Crippen LogP contribution in [0.3, 0.4) is 0 Å². The first-order chi connectivity index (χ1) is 13.5. The average Bonchev–Trinajstić information content (AvgIpc) is 2.71. The van der Waals surface area contributed by atoms with E-state index in [0.717, 1.165) is 57.3 Å². The first kappa shape index (κ1) is 25.5. The molecule has 0 spiro atoms. The normalized spacial score (nSPS) is 14.7. The highest BCUT2D eigenvalue weighted by Crippen LogP contribution is 2.15. The Bertz CT molecular complexity index is 631. The zero-order chi connectivity index (χ0) is 20.4. The molecule has 0 radical (unpaired) electrons. The number of nitrogens with one attached hydrogen (secondary N) is 1. The number of hydrogen-bond donors (Lipinski definition) is 1. The van der Waals surface area contributed by atoms with Crippen LogP contribution in [-0.4, -0.2) is 82.8 Å². The minimum absolute atomic E-state index is 0. The van der Waals surface area contributed by atoms with E-state index in [1.807, 2.05) is 19.2 Å². The van der Waals surface area contributed by atoms with Crippen LogP contribution in [0.2, 0.25) is 0 Å². The van der Waals surface area contributed by atoms with Crippen LogP contribution in [0.4, 0.5) is 0 Å². The second-order valence-electron chi connectivity index (χ2n) is 7.39. The first-order valence-corrected chi connectivity index (χ1v) is 9.90. The molecule has 1 amide bonds. The van der Waals surface area contributed by atoms with Crippen LogP contribution in [-0.2, 0) is 16.0 Å². The van der Waals surface area contributed by atoms with E-state index in [0.29, 0.717) is 5.92 Å². The van der Waals surface area contributed by atoms with Gasteiger partial charge in [-0.1, -0.05) is 12.1 Å². The Balaban J connectivity index is 0.00000420. The third-order valence-corrected chi connectivity index (χ3v) is 4.95. The lowest BCUT2D eigenvalue weighted by Crippen LogP contribution is -2.43. The Kier molecular flexibility index (Phi) is 12.0. The third kappa shape index (κ3) is 9.20. The van der Waals surface area contributed by atoms with Crippen LogP contribution in [0.1, 0.15) is 18.4 Å². The fraction of sp³-hybridized carbons (Fsp3) is 0.619. The van der Waals surface area contributed by atoms with Gasteiger partial charge in [-0.2, -0.15) is 0 Å². The minimum Gasteiger partial charge on any atom is -0.497 e. The largest absolute Gasteiger partial charge is 0.497 e. The SMILES string of the molecule is COc1ccc(CCNC(=NCC(=O)N(C)C)N(C)CC2CCOCC2)cc1.I. The lowest BCUT2D eigenvalue weighted by Gasteiger charge is -2.29. The van der Waals surface area contributed by atoms with Gasteiger partial charge in [0, 0.05) is 47.4 Å². The molecule has 8 heteroatoms. The van der Waals surface area contributed by atoms with Gasteiger partial charge in [0.15, 0.2) is 5.96 Å². The standard InChI is InChI=1S/C21H34N4O3.HI/c1-24(2)20(26)15-23-21(25(3)16-18-10-13-28-14-11-18)22-12-9-17-5-7-19(27-4)8-6-17;/h5-8,18H,9-16H2,1-4H3,(H,22,23);1H. The van der Waals surface area contributed by atoms with Crippen LogP contribution in [0.25, 0.3) is 0 Å². The van der Waals surface area contributed by atoms with Gasteiger partial charge >= 0.3 is 0 Å². The number of amides is 1. The van der Waals surface area contributed by atoms with Crippen molar-refractivity contribution in [2.75, 3.05) is 61.1 Å². The van der Waals surface area contributed by atoms with E-state index in [9.17, 15) is 4.79 Å². The number of halogens is 1. The molecule has 29 heavy (non-hydrogen) atoms. The number of aliphatic imine (C=N–C) groups is 1. The first-order valence-electron chi connectivity index (χ1n) is 9.90. The van der Waals surface area contributed by atoms with Gasteiger partial charge in [0.05, 0.1) is 7.11 Å². The number of hydrogen-bond acceptors (Lipinski definition) is 4. The van der Waals surface area contributed by atoms with Crippen molar-refractivity contribution >= 4 is 35.8 Å². The Labute approximate surface area is 191 Å². The van der Waals surface area contributed by atoms with Crippen LogP contribution < -0.4 is 10.1 Å². The van der Waals surface area contributed by atoms with E-state index < -0.39 is 0 Å². The highest BCUT2D eigenvalue weighted by atomic mass is 127. The van der Waals surface area contributed by atoms with Gasteiger partial charge in [0.1, 0.15) is 12.3 Å². The lowest BCUT2D eigenvalue weighted by molar-refractivity contribution is -0.127. The second-order valence-corrected chi connectivity index (χ2v) is 7.39. The van der Waals surface area contributed by atoms with Crippen LogP contribution >= 0.6 is 24.0 Å². The maximum atomic E-state index is 12.0. The van der Waals surface area contributed by atoms with E-state index in [4.69, 9.17) is 9.47 Å². The molecule has 7 nitrogen and oxygen atoms in total. The fourth-order valence-corrected chi connectivity index (χ4v) is 3.11. The molecular formula is C21H35IN4O3. The molecule has 0 unspecified atom stereocenters. The summed E-state index contributed by atoms with van der Waals surface area (Å²) in [6, 6.07) is 8.08. The monoisotopic (exact) mass is 518 g/mol. The smallest absolute Gasteiger partial charge is 0.243 e. The van der Waals surface area contributed by atoms with Crippen LogP contribution in [0.15, 0.2) is 29.3 Å². The summed E-state index contributed by atoms with van der Waals surface area (Å²) in [5.41, 5.74) is 1.23. The summed E-state index contributed by atoms with van der Waals surface area (Å²) in [5.74, 6) is 2.22. The van der Waals surface area contributed by atoms with Crippen molar-refractivity contribution in [1.82, 2.24) is 15.1 Å². The van der Waals surface area contributed by atoms with Crippen molar-refractivity contribution in [2.45, 2.75) is 19.3 Å². The summed E-state index contributed by atoms with van der Waals surface area (Å²) >= 11 is 0. The molecule has 164 valence electrons. The average molecular weight is 518 g/mol. The third-order valence-electron chi connectivity index (χ3n) is 4.95. The number of likely N-dealkylation sites (N-methyl/N-ethyl adjacent to an activating group) is 1. The minimum atomic E-state index is -0.00563. The van der Waals surface area contributed by atoms with Gasteiger partial charge in [-0.3, -0.25) is 4.79 Å². The number of nitrogens with zero attached hydrogens (tertiary/aromatic N) is 3. The summed E-state index contributed by atoms with van der Waals surface area (Å²) in [6.45, 7) is 3.47. The maximum Gasteiger partial charge on any atom is 0.243 e. The molecule has 1 aliphatic rings. The Morgan fingerprint density at radius 2 is 1.86 bits per heavy atom. The number of ether oxygens (including phenoxy) is 2. The predicted molar refractivity (Wildman–Crippen MR) is 127 cm³/mol. The molecule has 1 N–H and O–H groups in total. The van der Waals surface area contributed by atoms with Crippen molar-refractivity contribution in [3.05, 3.63) is 29.8 Å². The molecular weight excluding hydrogens is 483 g/mol. The number of rotatable bonds is 8. The number of methoxy groups -OCH3 is 1. The number of guanidine groups is 1. The number of benzene rings is 1. The van der Waals surface area contributed by atoms with E-state index in [1.165, 1.54) is 5.56 Å². The molecule has 0 aromatic heterocycles. The van der Waals surface area contributed by atoms with E-state index in [1.54, 1.807) is 26.1 Å².